The molecule has 0 unspecified atom stereocenters. The van der Waals surface area contributed by atoms with Crippen molar-refractivity contribution in [3.63, 3.8) is 0 Å². The first-order valence-corrected chi connectivity index (χ1v) is 20.6. The lowest BCUT2D eigenvalue weighted by atomic mass is 9.74. The molecule has 1 atom stereocenters. The van der Waals surface area contributed by atoms with Gasteiger partial charge in [-0.05, 0) is 150 Å². The second kappa shape index (κ2) is 12.6. The number of likely N-dealkylation sites (tertiary alicyclic amines) is 1. The molecule has 272 valence electrons. The first-order valence-electron chi connectivity index (χ1n) is 20.6. The Balaban J connectivity index is 1.00. The third kappa shape index (κ3) is 5.99. The van der Waals surface area contributed by atoms with Gasteiger partial charge in [-0.25, -0.2) is 4.98 Å². The molecule has 1 aromatic heterocycles. The number of rotatable bonds is 5. The first-order chi connectivity index (χ1) is 25.8. The predicted octanol–water partition coefficient (Wildman–Crippen LogP) is 11.3. The van der Waals surface area contributed by atoms with Gasteiger partial charge in [0.25, 0.3) is 0 Å². The van der Waals surface area contributed by atoms with E-state index in [2.05, 4.69) is 58.4 Å². The minimum atomic E-state index is -0.0125. The van der Waals surface area contributed by atoms with Crippen LogP contribution in [0.1, 0.15) is 124 Å². The largest absolute Gasteiger partial charge is 0.512 e. The molecule has 2 N–H and O–H groups in total. The van der Waals surface area contributed by atoms with Crippen LogP contribution >= 0.6 is 0 Å². The van der Waals surface area contributed by atoms with Crippen LogP contribution in [0.2, 0.25) is 0 Å². The number of aliphatic hydroxyl groups is 1. The summed E-state index contributed by atoms with van der Waals surface area (Å²) in [6.07, 6.45) is 23.4. The number of amides is 1. The Morgan fingerprint density at radius 3 is 2.28 bits per heavy atom. The van der Waals surface area contributed by atoms with Gasteiger partial charge in [0.1, 0.15) is 5.82 Å². The number of hydrogen-bond acceptors (Lipinski definition) is 3. The van der Waals surface area contributed by atoms with E-state index < -0.39 is 0 Å². The Kier molecular flexibility index (Phi) is 7.90. The Bertz CT molecular complexity index is 2170. The summed E-state index contributed by atoms with van der Waals surface area (Å²) >= 11 is 0. The van der Waals surface area contributed by atoms with Crippen molar-refractivity contribution < 1.29 is 9.90 Å². The van der Waals surface area contributed by atoms with E-state index >= 15 is 0 Å². The fraction of sp³-hybridized carbons (Fsp3) is 0.458. The number of benzene rings is 3. The van der Waals surface area contributed by atoms with Gasteiger partial charge in [0.05, 0.1) is 29.3 Å². The number of allylic oxidation sites excluding steroid dienone is 5. The normalized spacial score (nSPS) is 26.0. The zero-order valence-corrected chi connectivity index (χ0v) is 31.2. The van der Waals surface area contributed by atoms with Crippen LogP contribution < -0.4 is 0 Å². The number of aromatic amines is 1. The third-order valence-corrected chi connectivity index (χ3v) is 14.6. The zero-order valence-electron chi connectivity index (χ0n) is 31.2. The van der Waals surface area contributed by atoms with Gasteiger partial charge in [0, 0.05) is 13.0 Å². The standard InChI is InChI=1S/C48H53N3O2/c1-32-27-46(18-5-6-19-46)22-17-35(52)12-13-36(32)38-15-14-37(39-28-47(29-40(38)39)20-7-8-21-47)34-11-16-41-42(26-34)50-45(49-41)43-30-48(23-24-48)31-51(43)44(53)25-33-9-3-2-4-10-33/h2-4,9-16,26,43,52H,1,5-8,17-25,27-31H2,(H,49,50)/b35-12+,36-13+/t43-/m0/s1. The van der Waals surface area contributed by atoms with Gasteiger partial charge in [-0.1, -0.05) is 86.9 Å². The number of hydrogen-bond donors (Lipinski definition) is 2. The van der Waals surface area contributed by atoms with Crippen LogP contribution in [-0.2, 0) is 24.1 Å². The number of carbonyl (C=O) groups is 1. The van der Waals surface area contributed by atoms with Crippen LogP contribution in [-0.4, -0.2) is 32.4 Å². The molecular formula is C48H53N3O2. The monoisotopic (exact) mass is 703 g/mol. The molecule has 53 heavy (non-hydrogen) atoms. The van der Waals surface area contributed by atoms with Gasteiger partial charge in [-0.2, -0.15) is 0 Å². The topological polar surface area (TPSA) is 69.2 Å². The Morgan fingerprint density at radius 2 is 1.53 bits per heavy atom. The molecule has 5 nitrogen and oxygen atoms in total. The second-order valence-electron chi connectivity index (χ2n) is 18.2. The molecule has 5 heteroatoms. The quantitative estimate of drug-likeness (QED) is 0.217. The summed E-state index contributed by atoms with van der Waals surface area (Å²) in [5, 5.41) is 10.9. The minimum absolute atomic E-state index is 0.0125. The smallest absolute Gasteiger partial charge is 0.227 e. The van der Waals surface area contributed by atoms with E-state index in [0.717, 1.165) is 67.5 Å². The van der Waals surface area contributed by atoms with Crippen molar-refractivity contribution in [2.45, 2.75) is 115 Å². The van der Waals surface area contributed by atoms with Crippen molar-refractivity contribution >= 4 is 22.5 Å². The maximum Gasteiger partial charge on any atom is 0.227 e. The van der Waals surface area contributed by atoms with Crippen molar-refractivity contribution in [1.29, 1.82) is 0 Å². The van der Waals surface area contributed by atoms with E-state index in [1.807, 2.05) is 24.3 Å². The second-order valence-corrected chi connectivity index (χ2v) is 18.2. The predicted molar refractivity (Wildman–Crippen MR) is 213 cm³/mol. The summed E-state index contributed by atoms with van der Waals surface area (Å²) in [7, 11) is 0. The molecule has 5 aliphatic carbocycles. The van der Waals surface area contributed by atoms with Gasteiger partial charge < -0.3 is 15.0 Å². The maximum absolute atomic E-state index is 13.7. The van der Waals surface area contributed by atoms with E-state index in [1.54, 1.807) is 0 Å². The first kappa shape index (κ1) is 33.2. The molecule has 4 aromatic rings. The highest BCUT2D eigenvalue weighted by Crippen LogP contribution is 2.59. The fourth-order valence-electron chi connectivity index (χ4n) is 11.5. The number of aliphatic hydroxyl groups excluding tert-OH is 1. The molecule has 2 heterocycles. The molecule has 3 spiro atoms. The van der Waals surface area contributed by atoms with E-state index in [0.29, 0.717) is 17.6 Å². The number of fused-ring (bicyclic) bond motifs is 2. The average Bonchev–Trinajstić information content (AvgIpc) is 3.75. The molecule has 10 rings (SSSR count). The molecule has 3 saturated carbocycles. The van der Waals surface area contributed by atoms with E-state index in [-0.39, 0.29) is 22.8 Å². The summed E-state index contributed by atoms with van der Waals surface area (Å²) in [6, 6.07) is 21.6. The molecule has 4 fully saturated rings. The van der Waals surface area contributed by atoms with Crippen molar-refractivity contribution in [2.75, 3.05) is 6.54 Å². The lowest BCUT2D eigenvalue weighted by Gasteiger charge is -2.30. The SMILES string of the molecule is C=C1CC2(CCCC2)CC/C(O)=C\C=C/1c1ccc(-c2ccc3nc([C@@H]4CC5(CC5)CN4C(=O)Cc4ccccc4)[nH]c3c2)c2c1CC1(CCCC1)C2. The van der Waals surface area contributed by atoms with Crippen molar-refractivity contribution in [2.24, 2.45) is 16.2 Å². The molecular weight excluding hydrogens is 651 g/mol. The number of aromatic nitrogens is 2. The zero-order chi connectivity index (χ0) is 35.8. The van der Waals surface area contributed by atoms with Crippen molar-refractivity contribution in [3.05, 3.63) is 119 Å². The fourth-order valence-corrected chi connectivity index (χ4v) is 11.5. The molecule has 0 bridgehead atoms. The van der Waals surface area contributed by atoms with Crippen LogP contribution in [0.4, 0.5) is 0 Å². The average molecular weight is 704 g/mol. The van der Waals surface area contributed by atoms with Crippen LogP contribution in [0, 0.1) is 16.2 Å². The minimum Gasteiger partial charge on any atom is -0.512 e. The highest BCUT2D eigenvalue weighted by molar-refractivity contribution is 5.88. The molecule has 6 aliphatic rings. The maximum atomic E-state index is 13.7. The lowest BCUT2D eigenvalue weighted by molar-refractivity contribution is -0.131. The number of H-pyrrole nitrogens is 1. The van der Waals surface area contributed by atoms with Crippen molar-refractivity contribution in [3.8, 4) is 11.1 Å². The van der Waals surface area contributed by atoms with E-state index in [4.69, 9.17) is 11.6 Å². The Morgan fingerprint density at radius 1 is 0.811 bits per heavy atom. The van der Waals surface area contributed by atoms with Gasteiger partial charge in [-0.3, -0.25) is 4.79 Å². The van der Waals surface area contributed by atoms with Crippen LogP contribution in [0.3, 0.4) is 0 Å². The molecule has 1 saturated heterocycles. The third-order valence-electron chi connectivity index (χ3n) is 14.6. The summed E-state index contributed by atoms with van der Waals surface area (Å²) in [5.41, 5.74) is 13.3. The molecule has 0 radical (unpaired) electrons. The van der Waals surface area contributed by atoms with Crippen LogP contribution in [0.5, 0.6) is 0 Å². The molecule has 1 aliphatic heterocycles. The highest BCUT2D eigenvalue weighted by atomic mass is 16.3. The van der Waals surface area contributed by atoms with E-state index in [1.165, 1.54) is 103 Å². The molecule has 3 aromatic carbocycles. The summed E-state index contributed by atoms with van der Waals surface area (Å²) in [4.78, 5) is 24.7. The summed E-state index contributed by atoms with van der Waals surface area (Å²) < 4.78 is 0. The lowest BCUT2D eigenvalue weighted by Crippen LogP contribution is -2.33. The van der Waals surface area contributed by atoms with Gasteiger partial charge >= 0.3 is 0 Å². The number of carbonyl (C=O) groups excluding carboxylic acids is 1. The molecule has 1 amide bonds. The highest BCUT2D eigenvalue weighted by Gasteiger charge is 2.54. The van der Waals surface area contributed by atoms with Gasteiger partial charge in [0.2, 0.25) is 5.91 Å². The van der Waals surface area contributed by atoms with Crippen LogP contribution in [0.15, 0.2) is 90.7 Å². The van der Waals surface area contributed by atoms with E-state index in [9.17, 15) is 9.90 Å². The van der Waals surface area contributed by atoms with Gasteiger partial charge in [-0.15, -0.1) is 0 Å². The number of imidazole rings is 1. The van der Waals surface area contributed by atoms with Crippen LogP contribution in [0.25, 0.3) is 27.7 Å². The summed E-state index contributed by atoms with van der Waals surface area (Å²) in [5.74, 6) is 1.63. The van der Waals surface area contributed by atoms with Crippen molar-refractivity contribution in [1.82, 2.24) is 14.9 Å². The summed E-state index contributed by atoms with van der Waals surface area (Å²) in [6.45, 7) is 5.60. The number of nitrogens with zero attached hydrogens (tertiary/aromatic N) is 2. The Labute approximate surface area is 314 Å². The van der Waals surface area contributed by atoms with Gasteiger partial charge in [0.15, 0.2) is 0 Å². The Hall–Kier alpha value is -4.38. The number of nitrogens with one attached hydrogen (secondary N) is 1.